The molecule has 0 saturated heterocycles. The molecule has 0 radical (unpaired) electrons. The maximum Gasteiger partial charge on any atom is 0.404 e. The second kappa shape index (κ2) is 7.89. The van der Waals surface area contributed by atoms with E-state index in [1.165, 1.54) is 0 Å². The zero-order valence-corrected chi connectivity index (χ0v) is 6.88. The summed E-state index contributed by atoms with van der Waals surface area (Å²) in [5.74, 6) is 2.44. The molecule has 12 heavy (non-hydrogen) atoms. The molecule has 1 amide bonds. The third-order valence-corrected chi connectivity index (χ3v) is 1.13. The molecule has 0 saturated carbocycles. The number of ether oxygens (including phenoxy) is 1. The van der Waals surface area contributed by atoms with Gasteiger partial charge < -0.3 is 15.2 Å². The Morgan fingerprint density at radius 1 is 1.58 bits per heavy atom. The van der Waals surface area contributed by atoms with Crippen LogP contribution in [0.4, 0.5) is 4.79 Å². The molecular weight excluding hydrogens is 158 g/mol. The molecule has 0 rings (SSSR count). The summed E-state index contributed by atoms with van der Waals surface area (Å²) in [6.07, 6.45) is 5.27. The van der Waals surface area contributed by atoms with E-state index in [0.717, 1.165) is 0 Å². The van der Waals surface area contributed by atoms with E-state index < -0.39 is 6.09 Å². The van der Waals surface area contributed by atoms with Crippen LogP contribution in [0.5, 0.6) is 0 Å². The van der Waals surface area contributed by atoms with E-state index in [-0.39, 0.29) is 0 Å². The monoisotopic (exact) mass is 171 g/mol. The molecule has 0 fully saturated rings. The van der Waals surface area contributed by atoms with E-state index >= 15 is 0 Å². The van der Waals surface area contributed by atoms with Gasteiger partial charge in [-0.15, -0.1) is 12.3 Å². The van der Waals surface area contributed by atoms with Crippen LogP contribution in [0.2, 0.25) is 0 Å². The minimum Gasteiger partial charge on any atom is -0.465 e. The van der Waals surface area contributed by atoms with Crippen molar-refractivity contribution in [2.24, 2.45) is 0 Å². The highest BCUT2D eigenvalue weighted by Crippen LogP contribution is 1.83. The maximum atomic E-state index is 9.96. The lowest BCUT2D eigenvalue weighted by Crippen LogP contribution is -2.22. The van der Waals surface area contributed by atoms with Gasteiger partial charge >= 0.3 is 6.09 Å². The molecule has 0 aromatic rings. The topological polar surface area (TPSA) is 58.6 Å². The fourth-order valence-electron chi connectivity index (χ4n) is 0.603. The fourth-order valence-corrected chi connectivity index (χ4v) is 0.603. The number of rotatable bonds is 6. The van der Waals surface area contributed by atoms with E-state index in [1.807, 2.05) is 0 Å². The normalized spacial score (nSPS) is 8.92. The summed E-state index contributed by atoms with van der Waals surface area (Å²) in [5, 5.41) is 10.4. The van der Waals surface area contributed by atoms with Gasteiger partial charge in [0, 0.05) is 19.6 Å². The summed E-state index contributed by atoms with van der Waals surface area (Å²) in [4.78, 5) is 9.96. The molecule has 0 aliphatic rings. The van der Waals surface area contributed by atoms with E-state index in [0.29, 0.717) is 32.6 Å². The third-order valence-electron chi connectivity index (χ3n) is 1.13. The summed E-state index contributed by atoms with van der Waals surface area (Å²) in [7, 11) is 0. The first-order valence-electron chi connectivity index (χ1n) is 3.75. The highest BCUT2D eigenvalue weighted by Gasteiger charge is 1.92. The lowest BCUT2D eigenvalue weighted by molar-refractivity contribution is 0.136. The lowest BCUT2D eigenvalue weighted by atomic mass is 10.4. The van der Waals surface area contributed by atoms with Crippen LogP contribution in [0.3, 0.4) is 0 Å². The molecule has 0 aromatic heterocycles. The molecule has 0 aliphatic heterocycles. The molecule has 0 spiro atoms. The molecule has 0 heterocycles. The highest BCUT2D eigenvalue weighted by molar-refractivity contribution is 5.64. The number of hydrogen-bond donors (Lipinski definition) is 2. The number of carboxylic acid groups (broad SMARTS) is 1. The van der Waals surface area contributed by atoms with Crippen LogP contribution in [0.15, 0.2) is 0 Å². The average molecular weight is 171 g/mol. The molecule has 0 bridgehead atoms. The quantitative estimate of drug-likeness (QED) is 0.456. The van der Waals surface area contributed by atoms with Crippen molar-refractivity contribution >= 4 is 6.09 Å². The molecule has 4 heteroatoms. The first-order valence-corrected chi connectivity index (χ1v) is 3.75. The van der Waals surface area contributed by atoms with Gasteiger partial charge in [-0.05, 0) is 6.42 Å². The Morgan fingerprint density at radius 3 is 2.92 bits per heavy atom. The Morgan fingerprint density at radius 2 is 2.33 bits per heavy atom. The molecule has 0 unspecified atom stereocenters. The van der Waals surface area contributed by atoms with E-state index in [1.54, 1.807) is 0 Å². The number of carbonyl (C=O) groups is 1. The summed E-state index contributed by atoms with van der Waals surface area (Å²) >= 11 is 0. The van der Waals surface area contributed by atoms with Crippen molar-refractivity contribution in [1.82, 2.24) is 5.32 Å². The fraction of sp³-hybridized carbons (Fsp3) is 0.625. The lowest BCUT2D eigenvalue weighted by Gasteiger charge is -2.01. The van der Waals surface area contributed by atoms with Gasteiger partial charge in [-0.1, -0.05) is 0 Å². The van der Waals surface area contributed by atoms with Gasteiger partial charge in [-0.2, -0.15) is 0 Å². The maximum absolute atomic E-state index is 9.96. The van der Waals surface area contributed by atoms with E-state index in [4.69, 9.17) is 16.3 Å². The molecule has 2 N–H and O–H groups in total. The molecule has 68 valence electrons. The Kier molecular flexibility index (Phi) is 7.10. The SMILES string of the molecule is C#CCCOCCCNC(=O)O. The molecular formula is C8H13NO3. The van der Waals surface area contributed by atoms with Crippen molar-refractivity contribution in [1.29, 1.82) is 0 Å². The van der Waals surface area contributed by atoms with Gasteiger partial charge in [0.05, 0.1) is 6.61 Å². The van der Waals surface area contributed by atoms with Crippen molar-refractivity contribution in [3.8, 4) is 12.3 Å². The second-order valence-electron chi connectivity index (χ2n) is 2.15. The van der Waals surface area contributed by atoms with Crippen LogP contribution in [-0.4, -0.2) is 31.0 Å². The van der Waals surface area contributed by atoms with Gasteiger partial charge in [0.2, 0.25) is 0 Å². The number of hydrogen-bond acceptors (Lipinski definition) is 2. The first kappa shape index (κ1) is 10.8. The van der Waals surface area contributed by atoms with E-state index in [9.17, 15) is 4.79 Å². The zero-order valence-electron chi connectivity index (χ0n) is 6.88. The van der Waals surface area contributed by atoms with Crippen LogP contribution in [0.25, 0.3) is 0 Å². The Balaban J connectivity index is 2.92. The van der Waals surface area contributed by atoms with Gasteiger partial charge in [-0.3, -0.25) is 0 Å². The summed E-state index contributed by atoms with van der Waals surface area (Å²) in [6.45, 7) is 1.51. The van der Waals surface area contributed by atoms with Crippen LogP contribution in [0, 0.1) is 12.3 Å². The predicted molar refractivity (Wildman–Crippen MR) is 44.9 cm³/mol. The van der Waals surface area contributed by atoms with Crippen LogP contribution in [-0.2, 0) is 4.74 Å². The highest BCUT2D eigenvalue weighted by atomic mass is 16.5. The number of nitrogens with one attached hydrogen (secondary N) is 1. The summed E-state index contributed by atoms with van der Waals surface area (Å²) < 4.78 is 5.08. The standard InChI is InChI=1S/C8H13NO3/c1-2-3-6-12-7-4-5-9-8(10)11/h1,9H,3-7H2,(H,10,11). The third kappa shape index (κ3) is 8.79. The van der Waals surface area contributed by atoms with Gasteiger partial charge in [-0.25, -0.2) is 4.79 Å². The van der Waals surface area contributed by atoms with Crippen molar-refractivity contribution in [2.45, 2.75) is 12.8 Å². The van der Waals surface area contributed by atoms with Crippen LogP contribution >= 0.6 is 0 Å². The number of amides is 1. The smallest absolute Gasteiger partial charge is 0.404 e. The van der Waals surface area contributed by atoms with Crippen molar-refractivity contribution in [3.05, 3.63) is 0 Å². The van der Waals surface area contributed by atoms with Gasteiger partial charge in [0.25, 0.3) is 0 Å². The minimum absolute atomic E-state index is 0.422. The second-order valence-corrected chi connectivity index (χ2v) is 2.15. The van der Waals surface area contributed by atoms with Crippen molar-refractivity contribution < 1.29 is 14.6 Å². The van der Waals surface area contributed by atoms with Crippen molar-refractivity contribution in [3.63, 3.8) is 0 Å². The van der Waals surface area contributed by atoms with Crippen LogP contribution in [0.1, 0.15) is 12.8 Å². The minimum atomic E-state index is -1.00. The Bertz CT molecular complexity index is 162. The predicted octanol–water partition coefficient (Wildman–Crippen LogP) is 0.684. The first-order chi connectivity index (χ1) is 5.77. The Labute approximate surface area is 71.9 Å². The molecule has 0 aromatic carbocycles. The molecule has 4 nitrogen and oxygen atoms in total. The van der Waals surface area contributed by atoms with Gasteiger partial charge in [0.1, 0.15) is 0 Å². The molecule has 0 atom stereocenters. The van der Waals surface area contributed by atoms with Crippen molar-refractivity contribution in [2.75, 3.05) is 19.8 Å². The van der Waals surface area contributed by atoms with Crippen LogP contribution < -0.4 is 5.32 Å². The number of terminal acetylenes is 1. The van der Waals surface area contributed by atoms with E-state index in [2.05, 4.69) is 11.2 Å². The summed E-state index contributed by atoms with van der Waals surface area (Å²) in [6, 6.07) is 0. The molecule has 0 aliphatic carbocycles. The Hall–Kier alpha value is -1.21. The summed E-state index contributed by atoms with van der Waals surface area (Å²) in [5.41, 5.74) is 0. The van der Waals surface area contributed by atoms with Gasteiger partial charge in [0.15, 0.2) is 0 Å². The average Bonchev–Trinajstić information content (AvgIpc) is 2.02. The largest absolute Gasteiger partial charge is 0.465 e. The zero-order chi connectivity index (χ0) is 9.23.